The molecule has 0 spiro atoms. The van der Waals surface area contributed by atoms with Gasteiger partial charge in [0.1, 0.15) is 0 Å². The number of piperidine rings is 2. The van der Waals surface area contributed by atoms with E-state index in [2.05, 4.69) is 51.2 Å². The third-order valence-electron chi connectivity index (χ3n) is 8.49. The van der Waals surface area contributed by atoms with Gasteiger partial charge < -0.3 is 24.0 Å². The van der Waals surface area contributed by atoms with Crippen molar-refractivity contribution in [3.63, 3.8) is 0 Å². The third kappa shape index (κ3) is 6.59. The number of pyridine rings is 1. The zero-order valence-corrected chi connectivity index (χ0v) is 24.2. The topological polar surface area (TPSA) is 98.9 Å². The predicted octanol–water partition coefficient (Wildman–Crippen LogP) is 4.49. The average Bonchev–Trinajstić information content (AvgIpc) is 3.51. The van der Waals surface area contributed by atoms with Gasteiger partial charge in [0.05, 0.1) is 29.2 Å². The number of hydrogen-bond acceptors (Lipinski definition) is 8. The van der Waals surface area contributed by atoms with Crippen LogP contribution in [0.3, 0.4) is 0 Å². The molecule has 0 aliphatic carbocycles. The van der Waals surface area contributed by atoms with Crippen molar-refractivity contribution in [2.75, 3.05) is 50.1 Å². The summed E-state index contributed by atoms with van der Waals surface area (Å²) in [6.07, 6.45) is 3.31. The Labute approximate surface area is 244 Å². The van der Waals surface area contributed by atoms with Crippen LogP contribution in [0.2, 0.25) is 0 Å². The van der Waals surface area contributed by atoms with Crippen LogP contribution in [0.25, 0.3) is 11.5 Å². The highest BCUT2D eigenvalue weighted by molar-refractivity contribution is 5.84. The Morgan fingerprint density at radius 2 is 1.81 bits per heavy atom. The molecule has 3 aromatic rings. The average molecular weight is 582 g/mol. The molecule has 0 unspecified atom stereocenters. The van der Waals surface area contributed by atoms with Gasteiger partial charge in [0.2, 0.25) is 18.2 Å². The van der Waals surface area contributed by atoms with Crippen LogP contribution in [0.15, 0.2) is 40.9 Å². The Bertz CT molecular complexity index is 1370. The van der Waals surface area contributed by atoms with Crippen molar-refractivity contribution in [1.29, 1.82) is 0 Å². The normalized spacial score (nSPS) is 17.0. The smallest absolute Gasteiger partial charge is 0.314 e. The second kappa shape index (κ2) is 12.9. The minimum Gasteiger partial charge on any atom is -0.415 e. The second-order valence-electron chi connectivity index (χ2n) is 11.2. The minimum absolute atomic E-state index is 0.0386. The maximum Gasteiger partial charge on any atom is 0.314 e. The number of aromatic nitrogens is 3. The number of anilines is 2. The molecule has 1 aromatic carbocycles. The highest BCUT2D eigenvalue weighted by Gasteiger charge is 2.27. The highest BCUT2D eigenvalue weighted by Crippen LogP contribution is 2.38. The summed E-state index contributed by atoms with van der Waals surface area (Å²) in [5, 5.41) is 7.03. The number of nitrogens with zero attached hydrogens (tertiary/aromatic N) is 7. The van der Waals surface area contributed by atoms with E-state index in [0.717, 1.165) is 69.6 Å². The predicted molar refractivity (Wildman–Crippen MR) is 154 cm³/mol. The van der Waals surface area contributed by atoms with Gasteiger partial charge in [-0.05, 0) is 81.6 Å². The van der Waals surface area contributed by atoms with Crippen LogP contribution in [-0.2, 0) is 16.1 Å². The maximum atomic E-state index is 12.8. The van der Waals surface area contributed by atoms with Crippen LogP contribution >= 0.6 is 0 Å². The van der Waals surface area contributed by atoms with Crippen molar-refractivity contribution < 1.29 is 22.8 Å². The first-order valence-electron chi connectivity index (χ1n) is 14.3. The molecule has 0 bridgehead atoms. The van der Waals surface area contributed by atoms with E-state index in [1.165, 1.54) is 11.8 Å². The van der Waals surface area contributed by atoms with Gasteiger partial charge in [-0.2, -0.15) is 8.78 Å². The molecule has 0 N–H and O–H groups in total. The van der Waals surface area contributed by atoms with Gasteiger partial charge >= 0.3 is 6.43 Å². The van der Waals surface area contributed by atoms with Gasteiger partial charge in [0.15, 0.2) is 0 Å². The molecule has 12 heteroatoms. The maximum absolute atomic E-state index is 12.8. The first kappa shape index (κ1) is 29.6. The molecule has 0 radical (unpaired) electrons. The summed E-state index contributed by atoms with van der Waals surface area (Å²) in [5.74, 6) is -0.322. The molecule has 2 saturated heterocycles. The van der Waals surface area contributed by atoms with Gasteiger partial charge in [-0.25, -0.2) is 0 Å². The number of hydrogen-bond donors (Lipinski definition) is 0. The number of carbonyl (C=O) groups excluding carboxylic acids is 2. The summed E-state index contributed by atoms with van der Waals surface area (Å²) in [6, 6.07) is 10.0. The van der Waals surface area contributed by atoms with Crippen molar-refractivity contribution in [3.8, 4) is 11.5 Å². The molecule has 2 aliphatic heterocycles. The molecule has 2 aromatic heterocycles. The molecular weight excluding hydrogens is 544 g/mol. The number of amides is 2. The van der Waals surface area contributed by atoms with E-state index in [1.54, 1.807) is 24.0 Å². The summed E-state index contributed by atoms with van der Waals surface area (Å²) >= 11 is 0. The van der Waals surface area contributed by atoms with Gasteiger partial charge in [-0.3, -0.25) is 14.6 Å². The van der Waals surface area contributed by atoms with E-state index < -0.39 is 12.3 Å². The van der Waals surface area contributed by atoms with Crippen molar-refractivity contribution >= 4 is 23.7 Å². The molecule has 42 heavy (non-hydrogen) atoms. The quantitative estimate of drug-likeness (QED) is 0.341. The monoisotopic (exact) mass is 581 g/mol. The minimum atomic E-state index is -2.85. The Morgan fingerprint density at radius 1 is 1.07 bits per heavy atom. The molecule has 2 fully saturated rings. The first-order chi connectivity index (χ1) is 20.2. The molecule has 0 atom stereocenters. The summed E-state index contributed by atoms with van der Waals surface area (Å²) in [5.41, 5.74) is 4.03. The van der Waals surface area contributed by atoms with E-state index >= 15 is 0 Å². The fraction of sp³-hybridized carbons (Fsp3) is 0.500. The molecule has 5 rings (SSSR count). The zero-order valence-electron chi connectivity index (χ0n) is 24.2. The fourth-order valence-corrected chi connectivity index (χ4v) is 5.86. The largest absolute Gasteiger partial charge is 0.415 e. The summed E-state index contributed by atoms with van der Waals surface area (Å²) in [6.45, 7) is 5.36. The van der Waals surface area contributed by atoms with Crippen LogP contribution < -0.4 is 9.80 Å². The van der Waals surface area contributed by atoms with Gasteiger partial charge in [-0.15, -0.1) is 10.2 Å². The van der Waals surface area contributed by atoms with E-state index in [0.29, 0.717) is 23.2 Å². The lowest BCUT2D eigenvalue weighted by Gasteiger charge is -2.38. The van der Waals surface area contributed by atoms with Crippen LogP contribution in [0.1, 0.15) is 62.1 Å². The Morgan fingerprint density at radius 3 is 2.40 bits per heavy atom. The van der Waals surface area contributed by atoms with Crippen LogP contribution in [0, 0.1) is 0 Å². The van der Waals surface area contributed by atoms with Gasteiger partial charge in [-0.1, -0.05) is 6.07 Å². The summed E-state index contributed by atoms with van der Waals surface area (Å²) in [7, 11) is 4.24. The molecule has 2 aliphatic rings. The number of halogens is 2. The van der Waals surface area contributed by atoms with Crippen molar-refractivity contribution in [3.05, 3.63) is 53.7 Å². The van der Waals surface area contributed by atoms with E-state index in [1.807, 2.05) is 11.0 Å². The SMILES string of the molecule is CC(=O)N1CCC(c2ccc(N(C=O)Cc3ccc(-c4nnc(C(F)F)o4)cn3)c(N(C)C3CCN(C)CC3)c2)CC1. The Balaban J connectivity index is 1.39. The standard InChI is InChI=1S/C30H37F2N7O3/c1-20(41)38-14-8-21(9-15-38)22-5-7-26(27(16-22)37(3)25-10-12-36(2)13-11-25)39(19-40)18-24-6-4-23(17-33-24)29-34-35-30(42-29)28(31)32/h4-7,16-17,19,21,25,28H,8-15,18H2,1-3H3. The lowest BCUT2D eigenvalue weighted by Crippen LogP contribution is -2.42. The van der Waals surface area contributed by atoms with Crippen LogP contribution in [0.5, 0.6) is 0 Å². The van der Waals surface area contributed by atoms with Gasteiger partial charge in [0, 0.05) is 39.3 Å². The number of benzene rings is 1. The number of likely N-dealkylation sites (tertiary alicyclic amines) is 2. The zero-order chi connectivity index (χ0) is 29.8. The molecule has 10 nitrogen and oxygen atoms in total. The molecule has 2 amide bonds. The van der Waals surface area contributed by atoms with E-state index in [4.69, 9.17) is 4.42 Å². The van der Waals surface area contributed by atoms with E-state index in [9.17, 15) is 18.4 Å². The van der Waals surface area contributed by atoms with Crippen molar-refractivity contribution in [1.82, 2.24) is 25.0 Å². The third-order valence-corrected chi connectivity index (χ3v) is 8.49. The number of carbonyl (C=O) groups is 2. The Kier molecular flexibility index (Phi) is 9.10. The lowest BCUT2D eigenvalue weighted by molar-refractivity contribution is -0.129. The Hall–Kier alpha value is -3.93. The van der Waals surface area contributed by atoms with Crippen molar-refractivity contribution in [2.24, 2.45) is 0 Å². The van der Waals surface area contributed by atoms with Crippen LogP contribution in [0.4, 0.5) is 20.2 Å². The lowest BCUT2D eigenvalue weighted by atomic mass is 9.88. The molecule has 0 saturated carbocycles. The summed E-state index contributed by atoms with van der Waals surface area (Å²) < 4.78 is 30.7. The molecule has 4 heterocycles. The van der Waals surface area contributed by atoms with Crippen molar-refractivity contribution in [2.45, 2.75) is 57.5 Å². The van der Waals surface area contributed by atoms with Gasteiger partial charge in [0.25, 0.3) is 5.89 Å². The molecule has 224 valence electrons. The fourth-order valence-electron chi connectivity index (χ4n) is 5.86. The summed E-state index contributed by atoms with van der Waals surface area (Å²) in [4.78, 5) is 36.9. The van der Waals surface area contributed by atoms with Crippen LogP contribution in [-0.4, -0.2) is 83.6 Å². The second-order valence-corrected chi connectivity index (χ2v) is 11.2. The number of alkyl halides is 2. The molecular formula is C30H37F2N7O3. The highest BCUT2D eigenvalue weighted by atomic mass is 19.3. The number of rotatable bonds is 9. The first-order valence-corrected chi connectivity index (χ1v) is 14.3. The van der Waals surface area contributed by atoms with E-state index in [-0.39, 0.29) is 18.3 Å².